The molecule has 3 heterocycles. The molecule has 2 aliphatic heterocycles. The highest BCUT2D eigenvalue weighted by molar-refractivity contribution is 5.89. The Morgan fingerprint density at radius 3 is 2.39 bits per heavy atom. The Labute approximate surface area is 268 Å². The average molecular weight is 642 g/mol. The lowest BCUT2D eigenvalue weighted by atomic mass is 9.52. The summed E-state index contributed by atoms with van der Waals surface area (Å²) >= 11 is 0. The van der Waals surface area contributed by atoms with E-state index in [9.17, 15) is 29.4 Å². The van der Waals surface area contributed by atoms with Crippen LogP contribution in [-0.2, 0) is 38.1 Å². The SMILES string of the molecule is C=C(C)[C@@H]1C=C[C@H](OC(C)=O)[C@]23CO[C@](O)([C@]4(OC(C)=O)C[C@@H](C)[C@@H](OC(=O)CCC)[C@H]4[C@@H]2OC(=O)c2cccnc2)[C@](C)(O)[C@@H]13. The van der Waals surface area contributed by atoms with Crippen molar-refractivity contribution < 1.29 is 53.1 Å². The van der Waals surface area contributed by atoms with Crippen molar-refractivity contribution in [2.24, 2.45) is 29.1 Å². The lowest BCUT2D eigenvalue weighted by Gasteiger charge is -2.62. The summed E-state index contributed by atoms with van der Waals surface area (Å²) < 4.78 is 30.9. The van der Waals surface area contributed by atoms with Crippen LogP contribution in [0, 0.1) is 29.1 Å². The molecule has 2 bridgehead atoms. The molecule has 250 valence electrons. The number of ether oxygens (including phenoxy) is 5. The van der Waals surface area contributed by atoms with Gasteiger partial charge in [-0.2, -0.15) is 0 Å². The number of esters is 4. The maximum Gasteiger partial charge on any atom is 0.340 e. The number of hydrogen-bond acceptors (Lipinski definition) is 12. The topological polar surface area (TPSA) is 168 Å². The fourth-order valence-electron chi connectivity index (χ4n) is 8.76. The first-order valence-electron chi connectivity index (χ1n) is 15.7. The third-order valence-corrected chi connectivity index (χ3v) is 10.3. The zero-order valence-electron chi connectivity index (χ0n) is 27.1. The van der Waals surface area contributed by atoms with Crippen molar-refractivity contribution in [1.82, 2.24) is 4.98 Å². The van der Waals surface area contributed by atoms with Crippen molar-refractivity contribution in [2.75, 3.05) is 6.61 Å². The Morgan fingerprint density at radius 2 is 1.80 bits per heavy atom. The predicted molar refractivity (Wildman–Crippen MR) is 160 cm³/mol. The minimum atomic E-state index is -2.61. The molecule has 1 aromatic heterocycles. The highest BCUT2D eigenvalue weighted by Gasteiger charge is 2.86. The highest BCUT2D eigenvalue weighted by Crippen LogP contribution is 2.70. The maximum atomic E-state index is 14.0. The molecule has 11 atom stereocenters. The molecule has 2 N–H and O–H groups in total. The molecule has 2 saturated carbocycles. The second kappa shape index (κ2) is 11.9. The van der Waals surface area contributed by atoms with E-state index >= 15 is 0 Å². The quantitative estimate of drug-likeness (QED) is 0.242. The normalized spacial score (nSPS) is 40.6. The van der Waals surface area contributed by atoms with Gasteiger partial charge in [-0.25, -0.2) is 4.79 Å². The van der Waals surface area contributed by atoms with Crippen LogP contribution in [0.5, 0.6) is 0 Å². The van der Waals surface area contributed by atoms with Crippen LogP contribution in [-0.4, -0.2) is 81.0 Å². The third-order valence-electron chi connectivity index (χ3n) is 10.3. The number of aliphatic hydroxyl groups is 2. The Kier molecular flexibility index (Phi) is 8.71. The maximum absolute atomic E-state index is 14.0. The van der Waals surface area contributed by atoms with Crippen LogP contribution in [0.3, 0.4) is 0 Å². The zero-order chi connectivity index (χ0) is 33.8. The first-order valence-corrected chi connectivity index (χ1v) is 15.7. The molecule has 46 heavy (non-hydrogen) atoms. The Bertz CT molecular complexity index is 1440. The van der Waals surface area contributed by atoms with Gasteiger partial charge < -0.3 is 33.9 Å². The molecular weight excluding hydrogens is 598 g/mol. The molecule has 0 aromatic carbocycles. The first kappa shape index (κ1) is 33.7. The highest BCUT2D eigenvalue weighted by atomic mass is 16.7. The molecule has 5 aliphatic rings. The minimum absolute atomic E-state index is 0.0828. The molecule has 2 saturated heterocycles. The molecule has 1 aromatic rings. The van der Waals surface area contributed by atoms with E-state index in [1.165, 1.54) is 32.3 Å². The van der Waals surface area contributed by atoms with Gasteiger partial charge in [0.25, 0.3) is 0 Å². The van der Waals surface area contributed by atoms with Crippen molar-refractivity contribution in [3.63, 3.8) is 0 Å². The smallest absolute Gasteiger partial charge is 0.340 e. The first-order chi connectivity index (χ1) is 21.6. The van der Waals surface area contributed by atoms with Gasteiger partial charge in [-0.3, -0.25) is 19.4 Å². The summed E-state index contributed by atoms with van der Waals surface area (Å²) in [5.41, 5.74) is -5.26. The van der Waals surface area contributed by atoms with Gasteiger partial charge in [0.2, 0.25) is 5.79 Å². The summed E-state index contributed by atoms with van der Waals surface area (Å²) in [5, 5.41) is 25.6. The van der Waals surface area contributed by atoms with Crippen LogP contribution in [0.4, 0.5) is 0 Å². The van der Waals surface area contributed by atoms with Gasteiger partial charge in [0.15, 0.2) is 5.60 Å². The van der Waals surface area contributed by atoms with Crippen LogP contribution >= 0.6 is 0 Å². The molecular formula is C34H43NO11. The van der Waals surface area contributed by atoms with Crippen molar-refractivity contribution in [3.05, 3.63) is 54.4 Å². The van der Waals surface area contributed by atoms with Crippen LogP contribution in [0.15, 0.2) is 48.8 Å². The number of aromatic nitrogens is 1. The average Bonchev–Trinajstić information content (AvgIpc) is 3.18. The van der Waals surface area contributed by atoms with E-state index in [0.29, 0.717) is 12.0 Å². The van der Waals surface area contributed by atoms with E-state index < -0.39 is 94.9 Å². The number of allylic oxidation sites excluding steroid dienone is 2. The van der Waals surface area contributed by atoms with Crippen molar-refractivity contribution in [3.8, 4) is 0 Å². The number of fused-ring (bicyclic) bond motifs is 1. The van der Waals surface area contributed by atoms with E-state index in [1.54, 1.807) is 32.1 Å². The Balaban J connectivity index is 1.87. The summed E-state index contributed by atoms with van der Waals surface area (Å²) in [7, 11) is 0. The van der Waals surface area contributed by atoms with Crippen molar-refractivity contribution in [1.29, 1.82) is 0 Å². The third kappa shape index (κ3) is 4.87. The number of carbonyl (C=O) groups excluding carboxylic acids is 4. The van der Waals surface area contributed by atoms with E-state index in [4.69, 9.17) is 23.7 Å². The van der Waals surface area contributed by atoms with Crippen LogP contribution < -0.4 is 0 Å². The van der Waals surface area contributed by atoms with Crippen LogP contribution in [0.2, 0.25) is 0 Å². The lowest BCUT2D eigenvalue weighted by Crippen LogP contribution is -2.77. The summed E-state index contributed by atoms with van der Waals surface area (Å²) in [6.45, 7) is 12.8. The van der Waals surface area contributed by atoms with Gasteiger partial charge in [0.1, 0.15) is 23.9 Å². The summed E-state index contributed by atoms with van der Waals surface area (Å²) in [5.74, 6) is -9.02. The fourth-order valence-corrected chi connectivity index (χ4v) is 8.76. The van der Waals surface area contributed by atoms with Crippen molar-refractivity contribution >= 4 is 23.9 Å². The van der Waals surface area contributed by atoms with Gasteiger partial charge in [-0.05, 0) is 50.8 Å². The van der Waals surface area contributed by atoms with Gasteiger partial charge in [-0.1, -0.05) is 32.1 Å². The number of rotatable bonds is 8. The molecule has 4 fully saturated rings. The number of nitrogens with zero attached hydrogens (tertiary/aromatic N) is 1. The zero-order valence-corrected chi connectivity index (χ0v) is 27.1. The van der Waals surface area contributed by atoms with Crippen molar-refractivity contribution in [2.45, 2.75) is 96.1 Å². The van der Waals surface area contributed by atoms with E-state index in [0.717, 1.165) is 6.92 Å². The molecule has 6 rings (SSSR count). The van der Waals surface area contributed by atoms with Gasteiger partial charge in [0, 0.05) is 44.5 Å². The standard InChI is InChI=1S/C34H43NO11/c1-8-10-25(38)44-27-19(4)15-33(46-21(6)37)26(27)29(45-30(39)22-11-9-14-35-16-22)32-17-42-34(33,41)31(7,40)28(32)23(18(2)3)12-13-24(32)43-20(5)36/h9,11-14,16,19,23-24,26-29,40-41H,2,8,10,15,17H2,1,3-7H3/t19-,23+,24+,26+,27-,28-,29+,31-,32+,33+,34+/m1/s1. The number of hydrogen-bond donors (Lipinski definition) is 2. The fraction of sp³-hybridized carbons (Fsp3) is 0.618. The number of carbonyl (C=O) groups is 4. The van der Waals surface area contributed by atoms with Gasteiger partial charge in [-0.15, -0.1) is 0 Å². The predicted octanol–water partition coefficient (Wildman–Crippen LogP) is 3.06. The van der Waals surface area contributed by atoms with E-state index in [2.05, 4.69) is 11.6 Å². The molecule has 0 amide bonds. The second-order valence-corrected chi connectivity index (χ2v) is 13.4. The van der Waals surface area contributed by atoms with E-state index in [-0.39, 0.29) is 18.4 Å². The molecule has 0 radical (unpaired) electrons. The largest absolute Gasteiger partial charge is 0.461 e. The Morgan fingerprint density at radius 1 is 1.09 bits per heavy atom. The molecule has 12 nitrogen and oxygen atoms in total. The Hall–Kier alpha value is -3.61. The van der Waals surface area contributed by atoms with Crippen LogP contribution in [0.25, 0.3) is 0 Å². The molecule has 12 heteroatoms. The van der Waals surface area contributed by atoms with Gasteiger partial charge in [0.05, 0.1) is 23.5 Å². The lowest BCUT2D eigenvalue weighted by molar-refractivity contribution is -0.411. The number of pyridine rings is 1. The van der Waals surface area contributed by atoms with Gasteiger partial charge >= 0.3 is 23.9 Å². The molecule has 0 unspecified atom stereocenters. The monoisotopic (exact) mass is 641 g/mol. The van der Waals surface area contributed by atoms with E-state index in [1.807, 2.05) is 6.92 Å². The molecule has 1 spiro atoms. The summed E-state index contributed by atoms with van der Waals surface area (Å²) in [6.07, 6.45) is 2.97. The molecule has 3 aliphatic carbocycles. The van der Waals surface area contributed by atoms with Crippen LogP contribution in [0.1, 0.15) is 71.2 Å². The minimum Gasteiger partial charge on any atom is -0.461 e. The summed E-state index contributed by atoms with van der Waals surface area (Å²) in [4.78, 5) is 56.8. The second-order valence-electron chi connectivity index (χ2n) is 13.4. The summed E-state index contributed by atoms with van der Waals surface area (Å²) in [6, 6.07) is 3.07.